The number of hydrogen-bond acceptors (Lipinski definition) is 1. The van der Waals surface area contributed by atoms with Gasteiger partial charge in [0.2, 0.25) is 0 Å². The third kappa shape index (κ3) is 2.42. The molecule has 0 amide bonds. The van der Waals surface area contributed by atoms with Gasteiger partial charge in [-0.05, 0) is 0 Å². The van der Waals surface area contributed by atoms with Crippen LogP contribution in [0.3, 0.4) is 0 Å². The maximum absolute atomic E-state index is 12.7. The Balaban J connectivity index is 3.19. The van der Waals surface area contributed by atoms with Gasteiger partial charge in [-0.25, -0.2) is 0 Å². The third-order valence-corrected chi connectivity index (χ3v) is 8.36. The van der Waals surface area contributed by atoms with Crippen molar-refractivity contribution in [2.24, 2.45) is 0 Å². The first kappa shape index (κ1) is 10.4. The predicted molar refractivity (Wildman–Crippen MR) is 54.9 cm³/mol. The van der Waals surface area contributed by atoms with Gasteiger partial charge in [0.1, 0.15) is 0 Å². The van der Waals surface area contributed by atoms with Gasteiger partial charge in [-0.2, -0.15) is 0 Å². The van der Waals surface area contributed by atoms with Crippen LogP contribution in [0.4, 0.5) is 4.39 Å². The molecule has 1 aromatic rings. The molecule has 0 aromatic carbocycles. The van der Waals surface area contributed by atoms with Crippen molar-refractivity contribution in [1.29, 1.82) is 0 Å². The first-order valence-corrected chi connectivity index (χ1v) is 14.5. The molecule has 0 aliphatic heterocycles. The van der Waals surface area contributed by atoms with Gasteiger partial charge in [-0.1, -0.05) is 0 Å². The van der Waals surface area contributed by atoms with E-state index in [0.717, 1.165) is 8.18 Å². The molecule has 0 radical (unpaired) electrons. The predicted octanol–water partition coefficient (Wildman–Crippen LogP) is 2.53. The Morgan fingerprint density at radius 2 is 2.00 bits per heavy atom. The molecule has 0 saturated heterocycles. The van der Waals surface area contributed by atoms with Gasteiger partial charge < -0.3 is 0 Å². The molecule has 0 aliphatic rings. The van der Waals surface area contributed by atoms with Crippen molar-refractivity contribution in [1.82, 2.24) is 4.98 Å². The SMILES string of the molecule is [CH3][Sn]([CH3])([CH3])[c]1ncc(F)cc1Br. The van der Waals surface area contributed by atoms with Gasteiger partial charge in [-0.15, -0.1) is 0 Å². The van der Waals surface area contributed by atoms with E-state index in [1.54, 1.807) is 0 Å². The molecule has 12 heavy (non-hydrogen) atoms. The summed E-state index contributed by atoms with van der Waals surface area (Å²) in [5.41, 5.74) is 0. The fourth-order valence-corrected chi connectivity index (χ4v) is 8.82. The minimum absolute atomic E-state index is 0.277. The summed E-state index contributed by atoms with van der Waals surface area (Å²) in [6.45, 7) is 0. The molecule has 1 nitrogen and oxygen atoms in total. The van der Waals surface area contributed by atoms with Gasteiger partial charge in [0, 0.05) is 0 Å². The van der Waals surface area contributed by atoms with Crippen molar-refractivity contribution in [3.05, 3.63) is 22.6 Å². The fourth-order valence-electron chi connectivity index (χ4n) is 0.966. The van der Waals surface area contributed by atoms with E-state index >= 15 is 0 Å². The van der Waals surface area contributed by atoms with E-state index < -0.39 is 18.4 Å². The Morgan fingerprint density at radius 1 is 1.42 bits per heavy atom. The molecule has 1 aromatic heterocycles. The molecule has 4 heteroatoms. The molecule has 0 spiro atoms. The Kier molecular flexibility index (Phi) is 3.15. The zero-order valence-corrected chi connectivity index (χ0v) is 11.8. The van der Waals surface area contributed by atoms with Gasteiger partial charge >= 0.3 is 84.8 Å². The summed E-state index contributed by atoms with van der Waals surface area (Å²) >= 11 is 1.20. The van der Waals surface area contributed by atoms with E-state index in [1.165, 1.54) is 12.3 Å². The van der Waals surface area contributed by atoms with E-state index in [-0.39, 0.29) is 5.82 Å². The van der Waals surface area contributed by atoms with Crippen molar-refractivity contribution in [2.45, 2.75) is 14.8 Å². The van der Waals surface area contributed by atoms with Crippen molar-refractivity contribution >= 4 is 38.0 Å². The van der Waals surface area contributed by atoms with Crippen LogP contribution in [0.25, 0.3) is 0 Å². The zero-order valence-electron chi connectivity index (χ0n) is 7.36. The summed E-state index contributed by atoms with van der Waals surface area (Å²) in [4.78, 5) is 10.9. The molecule has 1 rings (SSSR count). The molecule has 0 unspecified atom stereocenters. The number of hydrogen-bond donors (Lipinski definition) is 0. The second-order valence-corrected chi connectivity index (χ2v) is 18.8. The van der Waals surface area contributed by atoms with Crippen molar-refractivity contribution in [2.75, 3.05) is 0 Å². The Labute approximate surface area is 84.4 Å². The zero-order chi connectivity index (χ0) is 9.35. The Morgan fingerprint density at radius 3 is 2.42 bits per heavy atom. The van der Waals surface area contributed by atoms with Crippen molar-refractivity contribution < 1.29 is 4.39 Å². The third-order valence-electron chi connectivity index (χ3n) is 1.52. The summed E-state index contributed by atoms with van der Waals surface area (Å²) in [7, 11) is 0. The summed E-state index contributed by atoms with van der Waals surface area (Å²) in [5, 5.41) is 0. The molecule has 66 valence electrons. The average molecular weight is 339 g/mol. The van der Waals surface area contributed by atoms with Crippen LogP contribution in [0.5, 0.6) is 0 Å². The van der Waals surface area contributed by atoms with Gasteiger partial charge in [-0.3, -0.25) is 0 Å². The number of halogens is 2. The standard InChI is InChI=1S/C5H2BrFN.3CH3.Sn/c6-4-1-5(7)3-8-2-4;;;;/h1,3H;3*1H3;. The second-order valence-electron chi connectivity index (χ2n) is 3.73. The Hall–Kier alpha value is 0.359. The molecular weight excluding hydrogens is 328 g/mol. The van der Waals surface area contributed by atoms with E-state index in [1.807, 2.05) is 0 Å². The van der Waals surface area contributed by atoms with Gasteiger partial charge in [0.15, 0.2) is 0 Å². The minimum atomic E-state index is -2.13. The van der Waals surface area contributed by atoms with E-state index in [4.69, 9.17) is 0 Å². The number of aromatic nitrogens is 1. The van der Waals surface area contributed by atoms with E-state index in [9.17, 15) is 4.39 Å². The molecule has 0 aliphatic carbocycles. The fraction of sp³-hybridized carbons (Fsp3) is 0.375. The van der Waals surface area contributed by atoms with Gasteiger partial charge in [0.25, 0.3) is 0 Å². The summed E-state index contributed by atoms with van der Waals surface area (Å²) in [6.07, 6.45) is 1.29. The van der Waals surface area contributed by atoms with Crippen LogP contribution >= 0.6 is 15.9 Å². The first-order chi connectivity index (χ1) is 5.41. The number of pyridine rings is 1. The van der Waals surface area contributed by atoms with Crippen LogP contribution in [-0.4, -0.2) is 23.4 Å². The summed E-state index contributed by atoms with van der Waals surface area (Å²) < 4.78 is 14.6. The molecule has 0 fully saturated rings. The van der Waals surface area contributed by atoms with Crippen LogP contribution in [0, 0.1) is 5.82 Å². The van der Waals surface area contributed by atoms with E-state index in [2.05, 4.69) is 35.7 Å². The normalized spacial score (nSPS) is 11.8. The Bertz CT molecular complexity index is 296. The van der Waals surface area contributed by atoms with Crippen molar-refractivity contribution in [3.63, 3.8) is 0 Å². The monoisotopic (exact) mass is 339 g/mol. The molecule has 0 saturated carbocycles. The second kappa shape index (κ2) is 3.62. The molecule has 0 atom stereocenters. The molecule has 0 N–H and O–H groups in total. The van der Waals surface area contributed by atoms with Crippen LogP contribution in [0.2, 0.25) is 14.8 Å². The molecular formula is C8H11BrFNSn. The first-order valence-electron chi connectivity index (χ1n) is 3.73. The van der Waals surface area contributed by atoms with Crippen LogP contribution < -0.4 is 3.71 Å². The quantitative estimate of drug-likeness (QED) is 0.717. The summed E-state index contributed by atoms with van der Waals surface area (Å²) in [5.74, 6) is -0.277. The molecule has 0 bridgehead atoms. The van der Waals surface area contributed by atoms with Crippen LogP contribution in [0.1, 0.15) is 0 Å². The number of nitrogens with zero attached hydrogens (tertiary/aromatic N) is 1. The summed E-state index contributed by atoms with van der Waals surface area (Å²) in [6, 6.07) is 1.49. The average Bonchev–Trinajstić information content (AvgIpc) is 1.83. The van der Waals surface area contributed by atoms with Crippen LogP contribution in [0.15, 0.2) is 16.7 Å². The van der Waals surface area contributed by atoms with Crippen molar-refractivity contribution in [3.8, 4) is 0 Å². The molecule has 1 heterocycles. The van der Waals surface area contributed by atoms with E-state index in [0.29, 0.717) is 0 Å². The maximum atomic E-state index is 12.7. The van der Waals surface area contributed by atoms with Crippen LogP contribution in [-0.2, 0) is 0 Å². The topological polar surface area (TPSA) is 12.9 Å². The number of rotatable bonds is 1. The van der Waals surface area contributed by atoms with Gasteiger partial charge in [0.05, 0.1) is 0 Å².